The molecule has 4 aromatic rings. The molecular formula is C31H31BrClNO3S. The molecule has 2 N–H and O–H groups in total. The number of halogens is 2. The molecule has 38 heavy (non-hydrogen) atoms. The van der Waals surface area contributed by atoms with Crippen molar-refractivity contribution in [1.82, 2.24) is 5.32 Å². The maximum atomic E-state index is 12.7. The predicted molar refractivity (Wildman–Crippen MR) is 161 cm³/mol. The number of hydrogen-bond donors (Lipinski definition) is 2. The highest BCUT2D eigenvalue weighted by molar-refractivity contribution is 9.10. The van der Waals surface area contributed by atoms with Crippen LogP contribution in [-0.2, 0) is 4.79 Å². The molecule has 0 saturated carbocycles. The van der Waals surface area contributed by atoms with Crippen LogP contribution in [0.4, 0.5) is 0 Å². The number of hydrogen-bond acceptors (Lipinski definition) is 3. The van der Waals surface area contributed by atoms with Crippen LogP contribution in [0.15, 0.2) is 70.5 Å². The number of aryl methyl sites for hydroxylation is 1. The van der Waals surface area contributed by atoms with Gasteiger partial charge in [0.15, 0.2) is 0 Å². The summed E-state index contributed by atoms with van der Waals surface area (Å²) in [5, 5.41) is 16.0. The van der Waals surface area contributed by atoms with Gasteiger partial charge in [-0.05, 0) is 105 Å². The second kappa shape index (κ2) is 12.5. The van der Waals surface area contributed by atoms with Gasteiger partial charge in [0, 0.05) is 31.7 Å². The summed E-state index contributed by atoms with van der Waals surface area (Å²) in [5.41, 5.74) is 5.38. The predicted octanol–water partition coefficient (Wildman–Crippen LogP) is 8.93. The van der Waals surface area contributed by atoms with E-state index in [0.717, 1.165) is 22.9 Å². The van der Waals surface area contributed by atoms with Crippen LogP contribution < -0.4 is 5.32 Å². The van der Waals surface area contributed by atoms with Crippen LogP contribution in [0.1, 0.15) is 77.6 Å². The van der Waals surface area contributed by atoms with Crippen LogP contribution in [-0.4, -0.2) is 23.0 Å². The van der Waals surface area contributed by atoms with Crippen molar-refractivity contribution in [1.29, 1.82) is 0 Å². The zero-order valence-electron chi connectivity index (χ0n) is 21.6. The van der Waals surface area contributed by atoms with E-state index in [1.54, 1.807) is 18.3 Å². The molecule has 0 aliphatic rings. The minimum Gasteiger partial charge on any atom is -0.481 e. The van der Waals surface area contributed by atoms with E-state index in [2.05, 4.69) is 64.7 Å². The second-order valence-electron chi connectivity index (χ2n) is 9.83. The van der Waals surface area contributed by atoms with E-state index in [4.69, 9.17) is 16.7 Å². The minimum absolute atomic E-state index is 0.102. The average molecular weight is 613 g/mol. The maximum absolute atomic E-state index is 12.7. The third-order valence-electron chi connectivity index (χ3n) is 6.83. The fourth-order valence-corrected chi connectivity index (χ4v) is 7.10. The standard InChI is InChI=1S/C31H31BrClNO3S/c1-4-5-24(20-6-8-22(9-7-20)31(37)34-19(3)16-28(35)36)29(21-10-12-23(33)13-11-21)26-17-38-30-25(26)14-18(2)15-27(30)32/h6-15,17,19,24,29H,4-5,16H2,1-3H3,(H,34,37)(H,35,36). The summed E-state index contributed by atoms with van der Waals surface area (Å²) in [5.74, 6) is -0.922. The summed E-state index contributed by atoms with van der Waals surface area (Å²) in [6.45, 7) is 6.01. The van der Waals surface area contributed by atoms with Gasteiger partial charge in [-0.1, -0.05) is 55.3 Å². The van der Waals surface area contributed by atoms with Gasteiger partial charge in [-0.3, -0.25) is 9.59 Å². The topological polar surface area (TPSA) is 66.4 Å². The lowest BCUT2D eigenvalue weighted by molar-refractivity contribution is -0.137. The first-order valence-electron chi connectivity index (χ1n) is 12.7. The van der Waals surface area contributed by atoms with Gasteiger partial charge in [0.25, 0.3) is 5.91 Å². The fourth-order valence-electron chi connectivity index (χ4n) is 5.13. The molecule has 0 bridgehead atoms. The van der Waals surface area contributed by atoms with Gasteiger partial charge in [0.05, 0.1) is 6.42 Å². The molecule has 1 aromatic heterocycles. The molecule has 3 aromatic carbocycles. The van der Waals surface area contributed by atoms with Gasteiger partial charge in [0.1, 0.15) is 0 Å². The Morgan fingerprint density at radius 3 is 2.34 bits per heavy atom. The van der Waals surface area contributed by atoms with Crippen molar-refractivity contribution in [2.75, 3.05) is 0 Å². The number of thiophene rings is 1. The molecule has 3 unspecified atom stereocenters. The molecule has 0 radical (unpaired) electrons. The first-order chi connectivity index (χ1) is 18.2. The molecule has 198 valence electrons. The van der Waals surface area contributed by atoms with Gasteiger partial charge >= 0.3 is 5.97 Å². The second-order valence-corrected chi connectivity index (χ2v) is 12.0. The van der Waals surface area contributed by atoms with Crippen LogP contribution in [0.2, 0.25) is 5.02 Å². The molecule has 4 nitrogen and oxygen atoms in total. The lowest BCUT2D eigenvalue weighted by Gasteiger charge is -2.29. The molecule has 0 aliphatic carbocycles. The molecule has 1 heterocycles. The van der Waals surface area contributed by atoms with E-state index >= 15 is 0 Å². The SMILES string of the molecule is CCCC(c1ccc(C(=O)NC(C)CC(=O)O)cc1)C(c1ccc(Cl)cc1)c1csc2c(Br)cc(C)cc12. The third kappa shape index (κ3) is 6.48. The largest absolute Gasteiger partial charge is 0.481 e. The minimum atomic E-state index is -0.938. The van der Waals surface area contributed by atoms with Crippen molar-refractivity contribution >= 4 is 60.8 Å². The molecular weight excluding hydrogens is 582 g/mol. The number of carbonyl (C=O) groups excluding carboxylic acids is 1. The van der Waals surface area contributed by atoms with Gasteiger partial charge < -0.3 is 10.4 Å². The normalized spacial score (nSPS) is 13.7. The van der Waals surface area contributed by atoms with Gasteiger partial charge in [-0.15, -0.1) is 11.3 Å². The van der Waals surface area contributed by atoms with Crippen molar-refractivity contribution in [3.05, 3.63) is 103 Å². The Bertz CT molecular complexity index is 1430. The highest BCUT2D eigenvalue weighted by Crippen LogP contribution is 2.47. The molecule has 4 rings (SSSR count). The highest BCUT2D eigenvalue weighted by atomic mass is 79.9. The smallest absolute Gasteiger partial charge is 0.305 e. The molecule has 7 heteroatoms. The number of nitrogens with one attached hydrogen (secondary N) is 1. The maximum Gasteiger partial charge on any atom is 0.305 e. The summed E-state index contributed by atoms with van der Waals surface area (Å²) in [6, 6.07) is 19.9. The van der Waals surface area contributed by atoms with E-state index in [1.807, 2.05) is 36.4 Å². The highest BCUT2D eigenvalue weighted by Gasteiger charge is 2.29. The summed E-state index contributed by atoms with van der Waals surface area (Å²) >= 11 is 11.8. The summed E-state index contributed by atoms with van der Waals surface area (Å²) in [4.78, 5) is 23.7. The zero-order valence-corrected chi connectivity index (χ0v) is 24.8. The van der Waals surface area contributed by atoms with Crippen LogP contribution >= 0.6 is 38.9 Å². The number of amides is 1. The average Bonchev–Trinajstić information content (AvgIpc) is 3.28. The Morgan fingerprint density at radius 1 is 1.05 bits per heavy atom. The molecule has 1 amide bonds. The van der Waals surface area contributed by atoms with Crippen molar-refractivity contribution in [2.24, 2.45) is 0 Å². The fraction of sp³-hybridized carbons (Fsp3) is 0.290. The molecule has 0 aliphatic heterocycles. The third-order valence-corrected chi connectivity index (χ3v) is 9.02. The van der Waals surface area contributed by atoms with Crippen molar-refractivity contribution in [3.8, 4) is 0 Å². The number of carboxylic acids is 1. The van der Waals surface area contributed by atoms with Crippen molar-refractivity contribution in [2.45, 2.75) is 57.9 Å². The molecule has 0 saturated heterocycles. The van der Waals surface area contributed by atoms with E-state index in [0.29, 0.717) is 10.6 Å². The number of carbonyl (C=O) groups is 2. The summed E-state index contributed by atoms with van der Waals surface area (Å²) in [6.07, 6.45) is 1.86. The quantitative estimate of drug-likeness (QED) is 0.188. The monoisotopic (exact) mass is 611 g/mol. The van der Waals surface area contributed by atoms with E-state index in [1.165, 1.54) is 26.8 Å². The number of benzene rings is 3. The Labute approximate surface area is 241 Å². The van der Waals surface area contributed by atoms with Crippen molar-refractivity contribution in [3.63, 3.8) is 0 Å². The molecule has 0 spiro atoms. The number of aliphatic carboxylic acids is 1. The lowest BCUT2D eigenvalue weighted by Crippen LogP contribution is -2.34. The number of fused-ring (bicyclic) bond motifs is 1. The van der Waals surface area contributed by atoms with Crippen LogP contribution in [0.5, 0.6) is 0 Å². The Balaban J connectivity index is 1.75. The molecule has 3 atom stereocenters. The van der Waals surface area contributed by atoms with E-state index < -0.39 is 12.0 Å². The van der Waals surface area contributed by atoms with Gasteiger partial charge in [0.2, 0.25) is 0 Å². The molecule has 0 fully saturated rings. The summed E-state index contributed by atoms with van der Waals surface area (Å²) in [7, 11) is 0. The first-order valence-corrected chi connectivity index (χ1v) is 14.8. The van der Waals surface area contributed by atoms with Crippen LogP contribution in [0.25, 0.3) is 10.1 Å². The zero-order chi connectivity index (χ0) is 27.4. The van der Waals surface area contributed by atoms with E-state index in [9.17, 15) is 9.59 Å². The van der Waals surface area contributed by atoms with E-state index in [-0.39, 0.29) is 24.2 Å². The lowest BCUT2D eigenvalue weighted by atomic mass is 9.75. The number of rotatable bonds is 10. The van der Waals surface area contributed by atoms with Crippen LogP contribution in [0.3, 0.4) is 0 Å². The Morgan fingerprint density at radius 2 is 1.71 bits per heavy atom. The van der Waals surface area contributed by atoms with Crippen LogP contribution in [0, 0.1) is 6.92 Å². The van der Waals surface area contributed by atoms with Gasteiger partial charge in [-0.25, -0.2) is 0 Å². The van der Waals surface area contributed by atoms with Gasteiger partial charge in [-0.2, -0.15) is 0 Å². The van der Waals surface area contributed by atoms with Crippen molar-refractivity contribution < 1.29 is 14.7 Å². The Kier molecular flexibility index (Phi) is 9.29. The Hall–Kier alpha value is -2.67. The summed E-state index contributed by atoms with van der Waals surface area (Å²) < 4.78 is 2.35. The first kappa shape index (κ1) is 28.3. The number of carboxylic acid groups (broad SMARTS) is 1.